The van der Waals surface area contributed by atoms with Gasteiger partial charge in [-0.2, -0.15) is 0 Å². The van der Waals surface area contributed by atoms with E-state index >= 15 is 0 Å². The Morgan fingerprint density at radius 2 is 1.71 bits per heavy atom. The molecule has 0 fully saturated rings. The number of amides is 1. The van der Waals surface area contributed by atoms with Gasteiger partial charge < -0.3 is 5.32 Å². The number of hydrogen-bond donors (Lipinski definition) is 1. The van der Waals surface area contributed by atoms with E-state index in [-0.39, 0.29) is 36.8 Å². The third-order valence-corrected chi connectivity index (χ3v) is 6.31. The van der Waals surface area contributed by atoms with Crippen LogP contribution in [0.3, 0.4) is 0 Å². The molecule has 0 bridgehead atoms. The summed E-state index contributed by atoms with van der Waals surface area (Å²) in [6.07, 6.45) is 0.460. The maximum absolute atomic E-state index is 12.4. The summed E-state index contributed by atoms with van der Waals surface area (Å²) < 4.78 is 25.9. The minimum Gasteiger partial charge on any atom is -0.356 e. The molecule has 0 atom stereocenters. The maximum Gasteiger partial charge on any atom is 0.269 e. The Balaban J connectivity index is 1.53. The molecule has 0 aliphatic carbocycles. The van der Waals surface area contributed by atoms with Gasteiger partial charge in [-0.05, 0) is 31.0 Å². The van der Waals surface area contributed by atoms with Gasteiger partial charge in [0.05, 0.1) is 17.0 Å². The van der Waals surface area contributed by atoms with E-state index in [0.717, 1.165) is 20.8 Å². The summed E-state index contributed by atoms with van der Waals surface area (Å²) in [5.74, 6) is 0.639. The van der Waals surface area contributed by atoms with Crippen molar-refractivity contribution in [3.8, 4) is 11.4 Å². The number of aryl methyl sites for hydroxylation is 1. The number of nitro benzene ring substituents is 1. The average molecular weight is 498 g/mol. The fourth-order valence-electron chi connectivity index (χ4n) is 3.10. The first-order valence-electron chi connectivity index (χ1n) is 10.5. The molecule has 0 saturated heterocycles. The summed E-state index contributed by atoms with van der Waals surface area (Å²) >= 11 is 0. The van der Waals surface area contributed by atoms with Gasteiger partial charge in [0.2, 0.25) is 11.7 Å². The molecule has 1 heterocycles. The molecular formula is C22H23N7O5S. The van der Waals surface area contributed by atoms with E-state index in [2.05, 4.69) is 32.3 Å². The summed E-state index contributed by atoms with van der Waals surface area (Å²) in [5, 5.41) is 30.1. The van der Waals surface area contributed by atoms with Gasteiger partial charge in [-0.1, -0.05) is 30.8 Å². The third-order valence-electron chi connectivity index (χ3n) is 4.88. The van der Waals surface area contributed by atoms with Crippen LogP contribution in [0.5, 0.6) is 0 Å². The molecule has 0 saturated carbocycles. The lowest BCUT2D eigenvalue weighted by Gasteiger charge is -2.22. The number of anilines is 1. The quantitative estimate of drug-likeness (QED) is 0.238. The van der Waals surface area contributed by atoms with E-state index in [1.165, 1.54) is 24.3 Å². The summed E-state index contributed by atoms with van der Waals surface area (Å²) in [5.41, 5.74) is 1.62. The smallest absolute Gasteiger partial charge is 0.269 e. The first kappa shape index (κ1) is 25.4. The monoisotopic (exact) mass is 497 g/mol. The molecule has 35 heavy (non-hydrogen) atoms. The second-order valence-electron chi connectivity index (χ2n) is 7.41. The van der Waals surface area contributed by atoms with Gasteiger partial charge in [-0.3, -0.25) is 19.2 Å². The molecule has 1 aromatic heterocycles. The second kappa shape index (κ2) is 11.2. The maximum atomic E-state index is 12.4. The fraction of sp³-hybridized carbons (Fsp3) is 0.227. The Bertz CT molecular complexity index is 1300. The van der Waals surface area contributed by atoms with Crippen LogP contribution in [0.1, 0.15) is 17.8 Å². The average Bonchev–Trinajstić information content (AvgIpc) is 2.85. The Hall–Kier alpha value is -4.26. The lowest BCUT2D eigenvalue weighted by molar-refractivity contribution is -0.384. The van der Waals surface area contributed by atoms with Crippen molar-refractivity contribution in [2.24, 2.45) is 0 Å². The summed E-state index contributed by atoms with van der Waals surface area (Å²) in [4.78, 5) is 22.6. The summed E-state index contributed by atoms with van der Waals surface area (Å²) in [6.45, 7) is 5.32. The van der Waals surface area contributed by atoms with Crippen LogP contribution in [0.25, 0.3) is 11.4 Å². The molecule has 3 aromatic rings. The first-order valence-corrected chi connectivity index (χ1v) is 12.0. The molecule has 182 valence electrons. The highest BCUT2D eigenvalue weighted by molar-refractivity contribution is 7.95. The Kier molecular flexibility index (Phi) is 8.15. The number of carbonyl (C=O) groups excluding carboxylic acids is 1. The van der Waals surface area contributed by atoms with Gasteiger partial charge in [0.15, 0.2) is 5.82 Å². The molecule has 13 heteroatoms. The number of rotatable bonds is 11. The zero-order valence-electron chi connectivity index (χ0n) is 18.9. The summed E-state index contributed by atoms with van der Waals surface area (Å²) in [7, 11) is -3.83. The standard InChI is InChI=1S/C22H23N7O5S/c1-3-35(33,34)28(19-9-11-20(12-10-19)29(31)32)14-4-13-23-21(30)15-17-5-7-18(8-6-17)22-26-24-16(2)25-27-22/h3,5-12H,1,4,13-15H2,2H3,(H,23,30). The molecule has 3 rings (SSSR count). The van der Waals surface area contributed by atoms with Crippen LogP contribution in [0.4, 0.5) is 11.4 Å². The molecule has 0 aliphatic heterocycles. The highest BCUT2D eigenvalue weighted by atomic mass is 32.2. The predicted octanol–water partition coefficient (Wildman–Crippen LogP) is 2.18. The number of nitrogens with one attached hydrogen (secondary N) is 1. The minimum absolute atomic E-state index is 0.0553. The van der Waals surface area contributed by atoms with Crippen LogP contribution in [0, 0.1) is 17.0 Å². The fourth-order valence-corrected chi connectivity index (χ4v) is 4.08. The lowest BCUT2D eigenvalue weighted by atomic mass is 10.1. The van der Waals surface area contributed by atoms with Crippen molar-refractivity contribution >= 4 is 27.3 Å². The molecule has 0 radical (unpaired) electrons. The second-order valence-corrected chi connectivity index (χ2v) is 9.21. The molecule has 0 unspecified atom stereocenters. The molecule has 12 nitrogen and oxygen atoms in total. The Morgan fingerprint density at radius 3 is 2.29 bits per heavy atom. The number of sulfonamides is 1. The van der Waals surface area contributed by atoms with Gasteiger partial charge in [-0.15, -0.1) is 20.4 Å². The third kappa shape index (κ3) is 6.86. The molecule has 2 aromatic carbocycles. The molecule has 1 amide bonds. The van der Waals surface area contributed by atoms with E-state index < -0.39 is 14.9 Å². The van der Waals surface area contributed by atoms with Crippen molar-refractivity contribution in [1.82, 2.24) is 25.7 Å². The Morgan fingerprint density at radius 1 is 1.09 bits per heavy atom. The number of benzene rings is 2. The number of carbonyl (C=O) groups is 1. The van der Waals surface area contributed by atoms with Crippen LogP contribution in [-0.2, 0) is 21.2 Å². The van der Waals surface area contributed by atoms with Crippen molar-refractivity contribution in [3.05, 3.63) is 82.0 Å². The van der Waals surface area contributed by atoms with Gasteiger partial charge in [0.25, 0.3) is 15.7 Å². The molecular weight excluding hydrogens is 474 g/mol. The SMILES string of the molecule is C=CS(=O)(=O)N(CCCNC(=O)Cc1ccc(-c2nnc(C)nn2)cc1)c1ccc([N+](=O)[O-])cc1. The normalized spacial score (nSPS) is 11.0. The van der Waals surface area contributed by atoms with Crippen LogP contribution in [-0.4, -0.2) is 52.7 Å². The van der Waals surface area contributed by atoms with Gasteiger partial charge >= 0.3 is 0 Å². The van der Waals surface area contributed by atoms with Crippen LogP contribution >= 0.6 is 0 Å². The van der Waals surface area contributed by atoms with Crippen LogP contribution in [0.15, 0.2) is 60.5 Å². The summed E-state index contributed by atoms with van der Waals surface area (Å²) in [6, 6.07) is 12.3. The van der Waals surface area contributed by atoms with Crippen molar-refractivity contribution in [2.45, 2.75) is 19.8 Å². The zero-order chi connectivity index (χ0) is 25.4. The first-order chi connectivity index (χ1) is 16.7. The van der Waals surface area contributed by atoms with E-state index in [1.54, 1.807) is 31.2 Å². The van der Waals surface area contributed by atoms with Crippen LogP contribution < -0.4 is 9.62 Å². The predicted molar refractivity (Wildman–Crippen MR) is 129 cm³/mol. The lowest BCUT2D eigenvalue weighted by Crippen LogP contribution is -2.33. The van der Waals surface area contributed by atoms with E-state index in [4.69, 9.17) is 0 Å². The number of nitro groups is 1. The van der Waals surface area contributed by atoms with Crippen molar-refractivity contribution in [1.29, 1.82) is 0 Å². The Labute approximate surface area is 201 Å². The number of hydrogen-bond acceptors (Lipinski definition) is 9. The van der Waals surface area contributed by atoms with E-state index in [0.29, 0.717) is 18.1 Å². The molecule has 0 aliphatic rings. The van der Waals surface area contributed by atoms with Gasteiger partial charge in [0.1, 0.15) is 0 Å². The highest BCUT2D eigenvalue weighted by Gasteiger charge is 2.20. The van der Waals surface area contributed by atoms with Gasteiger partial charge in [-0.25, -0.2) is 8.42 Å². The van der Waals surface area contributed by atoms with Crippen molar-refractivity contribution < 1.29 is 18.1 Å². The highest BCUT2D eigenvalue weighted by Crippen LogP contribution is 2.22. The topological polar surface area (TPSA) is 161 Å². The van der Waals surface area contributed by atoms with Crippen LogP contribution in [0.2, 0.25) is 0 Å². The number of aromatic nitrogens is 4. The molecule has 1 N–H and O–H groups in total. The minimum atomic E-state index is -3.83. The van der Waals surface area contributed by atoms with Gasteiger partial charge in [0, 0.05) is 36.2 Å². The number of non-ortho nitro benzene ring substituents is 1. The van der Waals surface area contributed by atoms with E-state index in [1.807, 2.05) is 0 Å². The van der Waals surface area contributed by atoms with Crippen molar-refractivity contribution in [3.63, 3.8) is 0 Å². The van der Waals surface area contributed by atoms with E-state index in [9.17, 15) is 23.3 Å². The van der Waals surface area contributed by atoms with Crippen molar-refractivity contribution in [2.75, 3.05) is 17.4 Å². The zero-order valence-corrected chi connectivity index (χ0v) is 19.7. The molecule has 0 spiro atoms. The largest absolute Gasteiger partial charge is 0.356 e. The number of nitrogens with zero attached hydrogens (tertiary/aromatic N) is 6.